The average molecular weight is 301 g/mol. The number of benzene rings is 1. The fourth-order valence-corrected chi connectivity index (χ4v) is 3.43. The summed E-state index contributed by atoms with van der Waals surface area (Å²) in [5, 5.41) is 15.2. The zero-order valence-electron chi connectivity index (χ0n) is 11.3. The Balaban J connectivity index is 1.78. The number of aliphatic carboxylic acids is 1. The lowest BCUT2D eigenvalue weighted by Gasteiger charge is -2.24. The summed E-state index contributed by atoms with van der Waals surface area (Å²) >= 11 is 1.65. The minimum atomic E-state index is -0.909. The van der Waals surface area contributed by atoms with Crippen molar-refractivity contribution in [2.75, 3.05) is 5.32 Å². The Morgan fingerprint density at radius 2 is 1.90 bits per heavy atom. The standard InChI is InChI=1S/C16H15NO3S/c18-15(12-3-1-2-4-13(12)16(19)20)17-11-5-6-14-10(9-11)7-8-21-14/h1-2,5-9,12-13H,3-4H2,(H,17,18)(H,19,20). The van der Waals surface area contributed by atoms with E-state index in [0.29, 0.717) is 18.5 Å². The molecule has 0 radical (unpaired) electrons. The number of carbonyl (C=O) groups excluding carboxylic acids is 1. The van der Waals surface area contributed by atoms with Gasteiger partial charge in [0.1, 0.15) is 0 Å². The monoisotopic (exact) mass is 301 g/mol. The van der Waals surface area contributed by atoms with Gasteiger partial charge in [0, 0.05) is 10.4 Å². The van der Waals surface area contributed by atoms with Crippen LogP contribution in [-0.4, -0.2) is 17.0 Å². The fraction of sp³-hybridized carbons (Fsp3) is 0.250. The van der Waals surface area contributed by atoms with Crippen molar-refractivity contribution in [1.29, 1.82) is 0 Å². The lowest BCUT2D eigenvalue weighted by Crippen LogP contribution is -2.34. The summed E-state index contributed by atoms with van der Waals surface area (Å²) in [7, 11) is 0. The van der Waals surface area contributed by atoms with Gasteiger partial charge in [0.05, 0.1) is 11.8 Å². The highest BCUT2D eigenvalue weighted by Gasteiger charge is 2.33. The van der Waals surface area contributed by atoms with Crippen LogP contribution in [0.4, 0.5) is 5.69 Å². The highest BCUT2D eigenvalue weighted by Crippen LogP contribution is 2.28. The van der Waals surface area contributed by atoms with Gasteiger partial charge in [-0.3, -0.25) is 9.59 Å². The molecule has 1 heterocycles. The third-order valence-electron chi connectivity index (χ3n) is 3.81. The molecule has 0 bridgehead atoms. The molecule has 4 nitrogen and oxygen atoms in total. The zero-order chi connectivity index (χ0) is 14.8. The van der Waals surface area contributed by atoms with E-state index in [4.69, 9.17) is 0 Å². The van der Waals surface area contributed by atoms with Crippen molar-refractivity contribution in [2.24, 2.45) is 11.8 Å². The van der Waals surface area contributed by atoms with Crippen LogP contribution in [-0.2, 0) is 9.59 Å². The molecule has 0 saturated heterocycles. The number of rotatable bonds is 3. The molecule has 0 fully saturated rings. The number of nitrogens with one attached hydrogen (secondary N) is 1. The molecule has 1 amide bonds. The molecule has 1 aromatic heterocycles. The van der Waals surface area contributed by atoms with E-state index in [1.807, 2.05) is 41.8 Å². The largest absolute Gasteiger partial charge is 0.481 e. The predicted octanol–water partition coefficient (Wildman–Crippen LogP) is 3.51. The SMILES string of the molecule is O=C(O)C1CC=CCC1C(=O)Nc1ccc2sccc2c1. The minimum absolute atomic E-state index is 0.221. The van der Waals surface area contributed by atoms with Crippen molar-refractivity contribution < 1.29 is 14.7 Å². The van der Waals surface area contributed by atoms with E-state index < -0.39 is 17.8 Å². The Kier molecular flexibility index (Phi) is 3.75. The minimum Gasteiger partial charge on any atom is -0.481 e. The van der Waals surface area contributed by atoms with E-state index >= 15 is 0 Å². The van der Waals surface area contributed by atoms with E-state index in [-0.39, 0.29) is 5.91 Å². The third kappa shape index (κ3) is 2.83. The Morgan fingerprint density at radius 1 is 1.14 bits per heavy atom. The lowest BCUT2D eigenvalue weighted by atomic mass is 9.82. The van der Waals surface area contributed by atoms with Crippen molar-refractivity contribution in [3.63, 3.8) is 0 Å². The molecule has 3 rings (SSSR count). The van der Waals surface area contributed by atoms with Crippen molar-refractivity contribution in [3.05, 3.63) is 41.8 Å². The number of carboxylic acids is 1. The number of anilines is 1. The third-order valence-corrected chi connectivity index (χ3v) is 4.70. The van der Waals surface area contributed by atoms with Crippen LogP contribution in [0, 0.1) is 11.8 Å². The molecule has 0 saturated carbocycles. The normalized spacial score (nSPS) is 21.3. The number of hydrogen-bond acceptors (Lipinski definition) is 3. The second-order valence-electron chi connectivity index (χ2n) is 5.16. The Labute approximate surface area is 126 Å². The number of amides is 1. The summed E-state index contributed by atoms with van der Waals surface area (Å²) in [5.41, 5.74) is 0.713. The maximum absolute atomic E-state index is 12.4. The van der Waals surface area contributed by atoms with Crippen LogP contribution >= 0.6 is 11.3 Å². The van der Waals surface area contributed by atoms with Crippen LogP contribution in [0.3, 0.4) is 0 Å². The van der Waals surface area contributed by atoms with Gasteiger partial charge < -0.3 is 10.4 Å². The Morgan fingerprint density at radius 3 is 2.67 bits per heavy atom. The molecule has 108 valence electrons. The van der Waals surface area contributed by atoms with Gasteiger partial charge in [-0.05, 0) is 47.9 Å². The second-order valence-corrected chi connectivity index (χ2v) is 6.10. The Hall–Kier alpha value is -2.14. The van der Waals surface area contributed by atoms with Crippen LogP contribution in [0.1, 0.15) is 12.8 Å². The number of thiophene rings is 1. The molecule has 0 spiro atoms. The van der Waals surface area contributed by atoms with Crippen molar-refractivity contribution in [3.8, 4) is 0 Å². The summed E-state index contributed by atoms with van der Waals surface area (Å²) < 4.78 is 1.16. The summed E-state index contributed by atoms with van der Waals surface area (Å²) in [6, 6.07) is 7.73. The molecule has 2 N–H and O–H groups in total. The highest BCUT2D eigenvalue weighted by atomic mass is 32.1. The molecule has 2 unspecified atom stereocenters. The van der Waals surface area contributed by atoms with Crippen molar-refractivity contribution >= 4 is 39.0 Å². The molecule has 1 aromatic carbocycles. The molecule has 21 heavy (non-hydrogen) atoms. The van der Waals surface area contributed by atoms with Crippen molar-refractivity contribution in [2.45, 2.75) is 12.8 Å². The average Bonchev–Trinajstić information content (AvgIpc) is 2.94. The van der Waals surface area contributed by atoms with Crippen LogP contribution in [0.2, 0.25) is 0 Å². The van der Waals surface area contributed by atoms with Crippen LogP contribution in [0.15, 0.2) is 41.8 Å². The number of carbonyl (C=O) groups is 2. The zero-order valence-corrected chi connectivity index (χ0v) is 12.1. The van der Waals surface area contributed by atoms with Gasteiger partial charge in [0.2, 0.25) is 5.91 Å². The predicted molar refractivity (Wildman–Crippen MR) is 83.4 cm³/mol. The van der Waals surface area contributed by atoms with Gasteiger partial charge >= 0.3 is 5.97 Å². The maximum atomic E-state index is 12.4. The molecule has 1 aliphatic carbocycles. The van der Waals surface area contributed by atoms with Crippen LogP contribution in [0.25, 0.3) is 10.1 Å². The number of hydrogen-bond donors (Lipinski definition) is 2. The van der Waals surface area contributed by atoms with E-state index in [9.17, 15) is 14.7 Å². The van der Waals surface area contributed by atoms with Gasteiger partial charge in [-0.15, -0.1) is 11.3 Å². The number of fused-ring (bicyclic) bond motifs is 1. The summed E-state index contributed by atoms with van der Waals surface area (Å²) in [5.74, 6) is -2.28. The van der Waals surface area contributed by atoms with E-state index in [0.717, 1.165) is 10.1 Å². The molecule has 1 aliphatic rings. The van der Waals surface area contributed by atoms with Crippen LogP contribution < -0.4 is 5.32 Å². The van der Waals surface area contributed by atoms with E-state index in [1.165, 1.54) is 0 Å². The Bertz CT molecular complexity index is 719. The number of allylic oxidation sites excluding steroid dienone is 2. The van der Waals surface area contributed by atoms with Gasteiger partial charge in [-0.1, -0.05) is 12.2 Å². The first-order valence-corrected chi connectivity index (χ1v) is 7.69. The number of carboxylic acid groups (broad SMARTS) is 1. The van der Waals surface area contributed by atoms with E-state index in [1.54, 1.807) is 11.3 Å². The first-order chi connectivity index (χ1) is 10.1. The summed E-state index contributed by atoms with van der Waals surface area (Å²) in [6.45, 7) is 0. The van der Waals surface area contributed by atoms with Crippen molar-refractivity contribution in [1.82, 2.24) is 0 Å². The van der Waals surface area contributed by atoms with Gasteiger partial charge in [-0.25, -0.2) is 0 Å². The topological polar surface area (TPSA) is 66.4 Å². The van der Waals surface area contributed by atoms with Crippen LogP contribution in [0.5, 0.6) is 0 Å². The summed E-state index contributed by atoms with van der Waals surface area (Å²) in [4.78, 5) is 23.6. The van der Waals surface area contributed by atoms with Gasteiger partial charge in [-0.2, -0.15) is 0 Å². The second kappa shape index (κ2) is 5.69. The molecular formula is C16H15NO3S. The maximum Gasteiger partial charge on any atom is 0.307 e. The summed E-state index contributed by atoms with van der Waals surface area (Å²) in [6.07, 6.45) is 4.60. The van der Waals surface area contributed by atoms with Gasteiger partial charge in [0.25, 0.3) is 0 Å². The fourth-order valence-electron chi connectivity index (χ4n) is 2.66. The molecule has 2 atom stereocenters. The molecule has 5 heteroatoms. The first-order valence-electron chi connectivity index (χ1n) is 6.81. The van der Waals surface area contributed by atoms with Gasteiger partial charge in [0.15, 0.2) is 0 Å². The molecular weight excluding hydrogens is 286 g/mol. The molecule has 0 aliphatic heterocycles. The lowest BCUT2D eigenvalue weighted by molar-refractivity contribution is -0.146. The highest BCUT2D eigenvalue weighted by molar-refractivity contribution is 7.17. The quantitative estimate of drug-likeness (QED) is 0.853. The first kappa shape index (κ1) is 13.8. The van der Waals surface area contributed by atoms with E-state index in [2.05, 4.69) is 5.32 Å². The smallest absolute Gasteiger partial charge is 0.307 e. The molecule has 2 aromatic rings.